The maximum Gasteiger partial charge on any atom is 0.323 e. The topological polar surface area (TPSA) is 81.0 Å². The molecule has 0 aliphatic carbocycles. The summed E-state index contributed by atoms with van der Waals surface area (Å²) < 4.78 is 0. The van der Waals surface area contributed by atoms with Crippen molar-refractivity contribution in [3.8, 4) is 0 Å². The lowest BCUT2D eigenvalue weighted by atomic mass is 10.1. The van der Waals surface area contributed by atoms with E-state index in [9.17, 15) is 9.59 Å². The van der Waals surface area contributed by atoms with Gasteiger partial charge in [-0.15, -0.1) is 0 Å². The number of nitrogens with zero attached hydrogens (tertiary/aromatic N) is 1. The number of aromatic amines is 2. The van der Waals surface area contributed by atoms with Gasteiger partial charge in [0.1, 0.15) is 0 Å². The van der Waals surface area contributed by atoms with Crippen molar-refractivity contribution >= 4 is 16.9 Å². The highest BCUT2D eigenvalue weighted by molar-refractivity contribution is 5.76. The van der Waals surface area contributed by atoms with Crippen LogP contribution in [0.15, 0.2) is 23.0 Å². The Balaban J connectivity index is 1.23. The third kappa shape index (κ3) is 6.54. The number of benzene rings is 1. The summed E-state index contributed by atoms with van der Waals surface area (Å²) in [6, 6.07) is 5.90. The Morgan fingerprint density at radius 3 is 2.67 bits per heavy atom. The summed E-state index contributed by atoms with van der Waals surface area (Å²) in [6.45, 7) is 4.54. The van der Waals surface area contributed by atoms with Gasteiger partial charge in [-0.05, 0) is 75.9 Å². The van der Waals surface area contributed by atoms with Gasteiger partial charge in [0, 0.05) is 13.0 Å². The van der Waals surface area contributed by atoms with Crippen LogP contribution in [0.2, 0.25) is 0 Å². The lowest BCUT2D eigenvalue weighted by Gasteiger charge is -2.26. The SMILES string of the molecule is O=C(CCCc1ccc2[nH]c(=O)[nH]c2c1)NCCCCCN1CCCCC1. The fraction of sp³-hybridized carbons (Fsp3) is 0.619. The van der Waals surface area contributed by atoms with Crippen molar-refractivity contribution in [3.05, 3.63) is 34.2 Å². The Morgan fingerprint density at radius 1 is 1.00 bits per heavy atom. The molecule has 0 saturated carbocycles. The molecule has 1 aliphatic rings. The Hall–Kier alpha value is -2.08. The van der Waals surface area contributed by atoms with Gasteiger partial charge >= 0.3 is 5.69 Å². The van der Waals surface area contributed by atoms with Crippen LogP contribution in [0, 0.1) is 0 Å². The number of H-pyrrole nitrogens is 2. The highest BCUT2D eigenvalue weighted by atomic mass is 16.1. The zero-order valence-corrected chi connectivity index (χ0v) is 16.2. The molecule has 1 aromatic carbocycles. The number of fused-ring (bicyclic) bond motifs is 1. The molecule has 27 heavy (non-hydrogen) atoms. The van der Waals surface area contributed by atoms with Gasteiger partial charge in [0.2, 0.25) is 5.91 Å². The standard InChI is InChI=1S/C21H32N4O2/c26-20(22-12-3-1-4-13-25-14-5-2-6-15-25)9-7-8-17-10-11-18-19(16-17)24-21(27)23-18/h10-11,16H,1-9,12-15H2,(H,22,26)(H2,23,24,27). The third-order valence-corrected chi connectivity index (χ3v) is 5.37. The number of hydrogen-bond acceptors (Lipinski definition) is 3. The number of carbonyl (C=O) groups is 1. The number of nitrogens with one attached hydrogen (secondary N) is 3. The van der Waals surface area contributed by atoms with Gasteiger partial charge in [0.05, 0.1) is 11.0 Å². The molecule has 0 atom stereocenters. The highest BCUT2D eigenvalue weighted by Crippen LogP contribution is 2.13. The van der Waals surface area contributed by atoms with Crippen LogP contribution in [0.1, 0.15) is 56.9 Å². The fourth-order valence-corrected chi connectivity index (χ4v) is 3.82. The number of carbonyl (C=O) groups excluding carboxylic acids is 1. The van der Waals surface area contributed by atoms with Crippen LogP contribution in [0.25, 0.3) is 11.0 Å². The van der Waals surface area contributed by atoms with Crippen molar-refractivity contribution in [2.24, 2.45) is 0 Å². The van der Waals surface area contributed by atoms with Crippen molar-refractivity contribution in [1.29, 1.82) is 0 Å². The number of amides is 1. The number of imidazole rings is 1. The molecule has 148 valence electrons. The predicted molar refractivity (Wildman–Crippen MR) is 109 cm³/mol. The molecule has 1 fully saturated rings. The number of likely N-dealkylation sites (tertiary alicyclic amines) is 1. The van der Waals surface area contributed by atoms with Crippen LogP contribution >= 0.6 is 0 Å². The average molecular weight is 373 g/mol. The van der Waals surface area contributed by atoms with Gasteiger partial charge in [-0.1, -0.05) is 18.9 Å². The van der Waals surface area contributed by atoms with Gasteiger partial charge in [-0.2, -0.15) is 0 Å². The molecule has 0 radical (unpaired) electrons. The lowest BCUT2D eigenvalue weighted by molar-refractivity contribution is -0.121. The van der Waals surface area contributed by atoms with Crippen LogP contribution in [0.3, 0.4) is 0 Å². The second-order valence-electron chi connectivity index (χ2n) is 7.63. The lowest BCUT2D eigenvalue weighted by Crippen LogP contribution is -2.30. The van der Waals surface area contributed by atoms with Gasteiger partial charge < -0.3 is 20.2 Å². The molecule has 6 heteroatoms. The van der Waals surface area contributed by atoms with E-state index in [0.717, 1.165) is 42.4 Å². The summed E-state index contributed by atoms with van der Waals surface area (Å²) in [6.07, 6.45) is 9.80. The van der Waals surface area contributed by atoms with E-state index in [4.69, 9.17) is 0 Å². The maximum atomic E-state index is 12.0. The van der Waals surface area contributed by atoms with Crippen LogP contribution in [0.5, 0.6) is 0 Å². The molecule has 0 spiro atoms. The van der Waals surface area contributed by atoms with E-state index in [1.807, 2.05) is 18.2 Å². The molecule has 1 aliphatic heterocycles. The first kappa shape index (κ1) is 19.7. The van der Waals surface area contributed by atoms with E-state index < -0.39 is 0 Å². The first-order valence-electron chi connectivity index (χ1n) is 10.4. The van der Waals surface area contributed by atoms with Crippen molar-refractivity contribution in [2.45, 2.75) is 57.8 Å². The molecule has 3 rings (SSSR count). The highest BCUT2D eigenvalue weighted by Gasteiger charge is 2.09. The number of unbranched alkanes of at least 4 members (excludes halogenated alkanes) is 2. The van der Waals surface area contributed by atoms with E-state index in [1.54, 1.807) is 0 Å². The molecule has 1 amide bonds. The quantitative estimate of drug-likeness (QED) is 0.561. The van der Waals surface area contributed by atoms with Gasteiger partial charge in [0.15, 0.2) is 0 Å². The summed E-state index contributed by atoms with van der Waals surface area (Å²) in [4.78, 5) is 31.3. The summed E-state index contributed by atoms with van der Waals surface area (Å²) in [7, 11) is 0. The maximum absolute atomic E-state index is 12.0. The predicted octanol–water partition coefficient (Wildman–Crippen LogP) is 2.95. The molecule has 1 aromatic heterocycles. The Morgan fingerprint density at radius 2 is 1.81 bits per heavy atom. The number of piperidine rings is 1. The van der Waals surface area contributed by atoms with Gasteiger partial charge in [-0.3, -0.25) is 4.79 Å². The van der Waals surface area contributed by atoms with E-state index in [1.165, 1.54) is 51.7 Å². The van der Waals surface area contributed by atoms with E-state index in [0.29, 0.717) is 6.42 Å². The number of aromatic nitrogens is 2. The van der Waals surface area contributed by atoms with Crippen molar-refractivity contribution in [1.82, 2.24) is 20.2 Å². The second-order valence-corrected chi connectivity index (χ2v) is 7.63. The Kier molecular flexibility index (Phi) is 7.51. The normalized spacial score (nSPS) is 15.3. The Bertz CT molecular complexity index is 774. The summed E-state index contributed by atoms with van der Waals surface area (Å²) >= 11 is 0. The first-order valence-corrected chi connectivity index (χ1v) is 10.4. The molecule has 0 unspecified atom stereocenters. The number of hydrogen-bond donors (Lipinski definition) is 3. The molecule has 2 aromatic rings. The number of rotatable bonds is 10. The van der Waals surface area contributed by atoms with Crippen molar-refractivity contribution in [3.63, 3.8) is 0 Å². The molecular weight excluding hydrogens is 340 g/mol. The zero-order valence-electron chi connectivity index (χ0n) is 16.2. The third-order valence-electron chi connectivity index (χ3n) is 5.37. The number of aryl methyl sites for hydroxylation is 1. The Labute approximate surface area is 160 Å². The van der Waals surface area contributed by atoms with E-state index >= 15 is 0 Å². The average Bonchev–Trinajstić information content (AvgIpc) is 3.04. The summed E-state index contributed by atoms with van der Waals surface area (Å²) in [5, 5.41) is 3.04. The second kappa shape index (κ2) is 10.3. The minimum absolute atomic E-state index is 0.141. The smallest absolute Gasteiger partial charge is 0.323 e. The van der Waals surface area contributed by atoms with Gasteiger partial charge in [-0.25, -0.2) is 4.79 Å². The van der Waals surface area contributed by atoms with Crippen molar-refractivity contribution < 1.29 is 4.79 Å². The van der Waals surface area contributed by atoms with Crippen LogP contribution in [0.4, 0.5) is 0 Å². The summed E-state index contributed by atoms with van der Waals surface area (Å²) in [5.74, 6) is 0.141. The molecule has 1 saturated heterocycles. The van der Waals surface area contributed by atoms with Gasteiger partial charge in [0.25, 0.3) is 0 Å². The van der Waals surface area contributed by atoms with E-state index in [-0.39, 0.29) is 11.6 Å². The minimum atomic E-state index is -0.183. The fourth-order valence-electron chi connectivity index (χ4n) is 3.82. The van der Waals surface area contributed by atoms with Crippen molar-refractivity contribution in [2.75, 3.05) is 26.2 Å². The first-order chi connectivity index (χ1) is 13.2. The summed E-state index contributed by atoms with van der Waals surface area (Å²) in [5.41, 5.74) is 2.61. The zero-order chi connectivity index (χ0) is 18.9. The molecule has 3 N–H and O–H groups in total. The molecule has 6 nitrogen and oxygen atoms in total. The monoisotopic (exact) mass is 372 g/mol. The molecular formula is C21H32N4O2. The largest absolute Gasteiger partial charge is 0.356 e. The van der Waals surface area contributed by atoms with Crippen LogP contribution in [-0.4, -0.2) is 47.0 Å². The molecule has 2 heterocycles. The molecule has 0 bridgehead atoms. The van der Waals surface area contributed by atoms with E-state index in [2.05, 4.69) is 20.2 Å². The van der Waals surface area contributed by atoms with Crippen LogP contribution < -0.4 is 11.0 Å². The minimum Gasteiger partial charge on any atom is -0.356 e. The van der Waals surface area contributed by atoms with Crippen LogP contribution in [-0.2, 0) is 11.2 Å².